The van der Waals surface area contributed by atoms with E-state index in [2.05, 4.69) is 20.8 Å². The molecule has 62 heavy (non-hydrogen) atoms. The highest BCUT2D eigenvalue weighted by Crippen LogP contribution is 2.33. The summed E-state index contributed by atoms with van der Waals surface area (Å²) in [5, 5.41) is 0. The topological polar surface area (TPSA) is 159 Å². The Morgan fingerprint density at radius 3 is 1.05 bits per heavy atom. The van der Waals surface area contributed by atoms with Crippen molar-refractivity contribution in [1.82, 2.24) is 0 Å². The molecule has 348 valence electrons. The van der Waals surface area contributed by atoms with Crippen LogP contribution in [0.15, 0.2) is 36.4 Å². The zero-order chi connectivity index (χ0) is 46.6. The average Bonchev–Trinajstić information content (AvgIpc) is 3.22. The molecule has 0 aliphatic rings. The van der Waals surface area contributed by atoms with Crippen molar-refractivity contribution in [3.05, 3.63) is 69.8 Å². The van der Waals surface area contributed by atoms with Gasteiger partial charge >= 0.3 is 23.9 Å². The van der Waals surface area contributed by atoms with E-state index in [9.17, 15) is 24.0 Å². The number of hydrogen-bond donors (Lipinski definition) is 0. The normalized spacial score (nSPS) is 12.2. The van der Waals surface area contributed by atoms with E-state index >= 15 is 0 Å². The van der Waals surface area contributed by atoms with Crippen LogP contribution in [0.1, 0.15) is 243 Å². The Kier molecular flexibility index (Phi) is 22.5. The maximum absolute atomic E-state index is 14.6. The summed E-state index contributed by atoms with van der Waals surface area (Å²) in [6, 6.07) is 8.84. The first kappa shape index (κ1) is 54.0. The number of carbonyl (C=O) groups excluding carboxylic acids is 5. The number of carbonyl (C=O) groups is 5. The molecule has 0 heterocycles. The first-order valence-electron chi connectivity index (χ1n) is 22.6. The standard InChI is InChI=1S/C49H74O13/c1-13-17-24-30-46(5,6)59-55-42(51)37-34-36(41(50)35-28-22-21-23-29-35)38(43(52)56-60-47(7,8)31-25-18-14-2)40(45(54)58-62-49(11,12)33-27-20-16-4)39(37)44(53)57-61-48(9,10)32-26-19-15-3/h21-23,28-29,34H,13-20,24-27,30-33H2,1-12H3. The molecule has 0 spiro atoms. The van der Waals surface area contributed by atoms with E-state index in [4.69, 9.17) is 39.1 Å². The monoisotopic (exact) mass is 871 g/mol. The lowest BCUT2D eigenvalue weighted by atomic mass is 9.87. The van der Waals surface area contributed by atoms with Crippen LogP contribution in [0.2, 0.25) is 0 Å². The van der Waals surface area contributed by atoms with E-state index in [1.54, 1.807) is 73.6 Å². The van der Waals surface area contributed by atoms with Crippen LogP contribution in [0.4, 0.5) is 0 Å². The Bertz CT molecular complexity index is 1740. The average molecular weight is 871 g/mol. The molecule has 0 aromatic heterocycles. The summed E-state index contributed by atoms with van der Waals surface area (Å²) in [6.45, 7) is 22.0. The summed E-state index contributed by atoms with van der Waals surface area (Å²) < 4.78 is 0. The smallest absolute Gasteiger partial charge is 0.292 e. The van der Waals surface area contributed by atoms with Gasteiger partial charge in [-0.05, 0) is 87.1 Å². The maximum atomic E-state index is 14.6. The Morgan fingerprint density at radius 2 is 0.710 bits per heavy atom. The largest absolute Gasteiger partial charge is 0.374 e. The van der Waals surface area contributed by atoms with Crippen molar-refractivity contribution in [3.8, 4) is 0 Å². The number of benzene rings is 2. The van der Waals surface area contributed by atoms with Gasteiger partial charge in [0.1, 0.15) is 22.4 Å². The van der Waals surface area contributed by atoms with Crippen LogP contribution in [0, 0.1) is 0 Å². The number of ketones is 1. The lowest BCUT2D eigenvalue weighted by molar-refractivity contribution is -0.311. The lowest BCUT2D eigenvalue weighted by Crippen LogP contribution is -2.32. The van der Waals surface area contributed by atoms with Gasteiger partial charge in [0.25, 0.3) is 0 Å². The molecule has 13 nitrogen and oxygen atoms in total. The SMILES string of the molecule is CCCCCC(C)(C)OOC(=O)c1cc(C(=O)c2ccccc2)c(C(=O)OOC(C)(C)CCCCC)c(C(=O)OOC(C)(C)CCCCC)c1C(=O)OOC(C)(C)CCCCC. The Hall–Kier alpha value is -4.17. The van der Waals surface area contributed by atoms with Crippen LogP contribution in [-0.2, 0) is 39.1 Å². The molecule has 0 aliphatic carbocycles. The van der Waals surface area contributed by atoms with E-state index in [1.165, 1.54) is 12.1 Å². The van der Waals surface area contributed by atoms with Gasteiger partial charge in [-0.2, -0.15) is 19.6 Å². The van der Waals surface area contributed by atoms with Gasteiger partial charge in [-0.3, -0.25) is 24.3 Å². The minimum Gasteiger partial charge on any atom is -0.292 e. The Balaban J connectivity index is 3.01. The molecule has 0 unspecified atom stereocenters. The molecule has 0 radical (unpaired) electrons. The van der Waals surface area contributed by atoms with Gasteiger partial charge in [0.15, 0.2) is 5.78 Å². The van der Waals surface area contributed by atoms with Crippen LogP contribution in [0.5, 0.6) is 0 Å². The van der Waals surface area contributed by atoms with Crippen LogP contribution in [0.3, 0.4) is 0 Å². The second-order valence-corrected chi connectivity index (χ2v) is 18.5. The van der Waals surface area contributed by atoms with E-state index in [1.807, 2.05) is 6.92 Å². The van der Waals surface area contributed by atoms with Crippen molar-refractivity contribution < 1.29 is 63.1 Å². The summed E-state index contributed by atoms with van der Waals surface area (Å²) in [6.07, 6.45) is 12.4. The first-order chi connectivity index (χ1) is 29.1. The minimum absolute atomic E-state index is 0.0788. The van der Waals surface area contributed by atoms with Crippen LogP contribution in [-0.4, -0.2) is 52.1 Å². The fraction of sp³-hybridized carbons (Fsp3) is 0.653. The Labute approximate surface area is 369 Å². The van der Waals surface area contributed by atoms with Gasteiger partial charge in [0.2, 0.25) is 0 Å². The summed E-state index contributed by atoms with van der Waals surface area (Å²) in [5.74, 6) is -6.18. The Morgan fingerprint density at radius 1 is 0.403 bits per heavy atom. The highest BCUT2D eigenvalue weighted by Gasteiger charge is 2.41. The zero-order valence-corrected chi connectivity index (χ0v) is 39.6. The van der Waals surface area contributed by atoms with E-state index in [0.29, 0.717) is 25.7 Å². The molecule has 0 saturated heterocycles. The third kappa shape index (κ3) is 18.3. The van der Waals surface area contributed by atoms with E-state index in [-0.39, 0.29) is 5.56 Å². The molecular formula is C49H74O13. The van der Waals surface area contributed by atoms with Gasteiger partial charge in [-0.25, -0.2) is 19.2 Å². The minimum atomic E-state index is -1.41. The quantitative estimate of drug-likeness (QED) is 0.0316. The molecule has 13 heteroatoms. The van der Waals surface area contributed by atoms with Crippen molar-refractivity contribution in [2.24, 2.45) is 0 Å². The maximum Gasteiger partial charge on any atom is 0.374 e. The van der Waals surface area contributed by atoms with E-state index in [0.717, 1.165) is 83.1 Å². The predicted molar refractivity (Wildman–Crippen MR) is 235 cm³/mol. The molecule has 2 aromatic rings. The predicted octanol–water partition coefficient (Wildman–Crippen LogP) is 12.7. The van der Waals surface area contributed by atoms with Crippen molar-refractivity contribution in [2.75, 3.05) is 0 Å². The fourth-order valence-corrected chi connectivity index (χ4v) is 6.54. The van der Waals surface area contributed by atoms with Crippen LogP contribution >= 0.6 is 0 Å². The van der Waals surface area contributed by atoms with Crippen molar-refractivity contribution in [1.29, 1.82) is 0 Å². The molecule has 2 aromatic carbocycles. The second-order valence-electron chi connectivity index (χ2n) is 18.5. The molecule has 0 N–H and O–H groups in total. The van der Waals surface area contributed by atoms with Gasteiger partial charge in [-0.1, -0.05) is 135 Å². The van der Waals surface area contributed by atoms with E-state index < -0.39 is 79.9 Å². The molecule has 0 amide bonds. The summed E-state index contributed by atoms with van der Waals surface area (Å²) >= 11 is 0. The summed E-state index contributed by atoms with van der Waals surface area (Å²) in [5.41, 5.74) is -7.52. The summed E-state index contributed by atoms with van der Waals surface area (Å²) in [4.78, 5) is 117. The lowest BCUT2D eigenvalue weighted by Gasteiger charge is -2.26. The van der Waals surface area contributed by atoms with Crippen molar-refractivity contribution in [2.45, 2.75) is 208 Å². The third-order valence-electron chi connectivity index (χ3n) is 10.3. The zero-order valence-electron chi connectivity index (χ0n) is 39.6. The van der Waals surface area contributed by atoms with Gasteiger partial charge < -0.3 is 0 Å². The first-order valence-corrected chi connectivity index (χ1v) is 22.6. The highest BCUT2D eigenvalue weighted by atomic mass is 17.2. The van der Waals surface area contributed by atoms with Crippen LogP contribution in [0.25, 0.3) is 0 Å². The van der Waals surface area contributed by atoms with Gasteiger partial charge in [-0.15, -0.1) is 0 Å². The second kappa shape index (κ2) is 25.8. The highest BCUT2D eigenvalue weighted by molar-refractivity contribution is 6.22. The van der Waals surface area contributed by atoms with Crippen LogP contribution < -0.4 is 0 Å². The number of rotatable bonds is 30. The third-order valence-corrected chi connectivity index (χ3v) is 10.3. The van der Waals surface area contributed by atoms with Gasteiger partial charge in [0.05, 0.1) is 22.3 Å². The number of unbranched alkanes of at least 4 members (excludes halogenated alkanes) is 8. The molecule has 0 fully saturated rings. The molecule has 0 bridgehead atoms. The molecule has 0 saturated carbocycles. The molecule has 0 atom stereocenters. The van der Waals surface area contributed by atoms with Crippen molar-refractivity contribution >= 4 is 29.7 Å². The van der Waals surface area contributed by atoms with Gasteiger partial charge in [0, 0.05) is 11.1 Å². The summed E-state index contributed by atoms with van der Waals surface area (Å²) in [7, 11) is 0. The number of hydrogen-bond acceptors (Lipinski definition) is 13. The van der Waals surface area contributed by atoms with Crippen molar-refractivity contribution in [3.63, 3.8) is 0 Å². The fourth-order valence-electron chi connectivity index (χ4n) is 6.54. The molecule has 0 aliphatic heterocycles. The molecule has 2 rings (SSSR count). The molecular weight excluding hydrogens is 797 g/mol.